The summed E-state index contributed by atoms with van der Waals surface area (Å²) >= 11 is 1.49. The first-order valence-electron chi connectivity index (χ1n) is 4.73. The van der Waals surface area contributed by atoms with Gasteiger partial charge in [0.25, 0.3) is 5.91 Å². The summed E-state index contributed by atoms with van der Waals surface area (Å²) < 4.78 is 0. The Morgan fingerprint density at radius 1 is 1.64 bits per heavy atom. The molecule has 4 heteroatoms. The van der Waals surface area contributed by atoms with Gasteiger partial charge in [0.05, 0.1) is 10.6 Å². The van der Waals surface area contributed by atoms with Crippen LogP contribution in [0.3, 0.4) is 0 Å². The van der Waals surface area contributed by atoms with E-state index < -0.39 is 0 Å². The summed E-state index contributed by atoms with van der Waals surface area (Å²) in [4.78, 5) is 12.7. The van der Waals surface area contributed by atoms with Crippen molar-refractivity contribution in [2.45, 2.75) is 26.7 Å². The van der Waals surface area contributed by atoms with Crippen molar-refractivity contribution < 1.29 is 4.79 Å². The first kappa shape index (κ1) is 11.0. The van der Waals surface area contributed by atoms with Gasteiger partial charge >= 0.3 is 0 Å². The highest BCUT2D eigenvalue weighted by molar-refractivity contribution is 7.16. The molecule has 0 spiro atoms. The summed E-state index contributed by atoms with van der Waals surface area (Å²) in [7, 11) is 0. The topological polar surface area (TPSA) is 55.1 Å². The van der Waals surface area contributed by atoms with E-state index in [0.29, 0.717) is 23.0 Å². The van der Waals surface area contributed by atoms with Gasteiger partial charge in [-0.25, -0.2) is 0 Å². The monoisotopic (exact) mass is 212 g/mol. The fourth-order valence-corrected chi connectivity index (χ4v) is 2.07. The molecule has 14 heavy (non-hydrogen) atoms. The maximum Gasteiger partial charge on any atom is 0.254 e. The maximum atomic E-state index is 11.5. The van der Waals surface area contributed by atoms with Crippen molar-refractivity contribution in [3.8, 4) is 0 Å². The number of thiophene rings is 1. The van der Waals surface area contributed by atoms with Gasteiger partial charge in [-0.05, 0) is 18.9 Å². The molecule has 1 rings (SSSR count). The fraction of sp³-hybridized carbons (Fsp3) is 0.500. The zero-order valence-electron chi connectivity index (χ0n) is 8.76. The number of hydrogen-bond donors (Lipinski definition) is 2. The molecular weight excluding hydrogens is 196 g/mol. The van der Waals surface area contributed by atoms with Crippen LogP contribution in [0.15, 0.2) is 6.07 Å². The Kier molecular flexibility index (Phi) is 3.52. The number of nitrogen functional groups attached to an aromatic ring is 1. The van der Waals surface area contributed by atoms with E-state index in [1.165, 1.54) is 11.3 Å². The number of amides is 1. The summed E-state index contributed by atoms with van der Waals surface area (Å²) in [5, 5.41) is 3.35. The molecule has 0 unspecified atom stereocenters. The third kappa shape index (κ3) is 2.26. The van der Waals surface area contributed by atoms with Gasteiger partial charge in [0.15, 0.2) is 0 Å². The van der Waals surface area contributed by atoms with Gasteiger partial charge in [0.1, 0.15) is 0 Å². The van der Waals surface area contributed by atoms with Crippen molar-refractivity contribution in [1.82, 2.24) is 5.32 Å². The summed E-state index contributed by atoms with van der Waals surface area (Å²) in [6.07, 6.45) is 0. The highest BCUT2D eigenvalue weighted by Gasteiger charge is 2.14. The first-order valence-corrected chi connectivity index (χ1v) is 5.55. The van der Waals surface area contributed by atoms with Crippen LogP contribution in [0.4, 0.5) is 5.00 Å². The van der Waals surface area contributed by atoms with E-state index in [9.17, 15) is 4.79 Å². The Morgan fingerprint density at radius 2 is 2.29 bits per heavy atom. The lowest BCUT2D eigenvalue weighted by atomic mass is 10.1. The van der Waals surface area contributed by atoms with Crippen molar-refractivity contribution in [3.63, 3.8) is 0 Å². The lowest BCUT2D eigenvalue weighted by Crippen LogP contribution is -2.22. The Balaban J connectivity index is 2.92. The van der Waals surface area contributed by atoms with Crippen LogP contribution in [-0.2, 0) is 0 Å². The molecule has 1 aromatic rings. The van der Waals surface area contributed by atoms with Crippen LogP contribution in [-0.4, -0.2) is 12.5 Å². The van der Waals surface area contributed by atoms with Gasteiger partial charge < -0.3 is 11.1 Å². The van der Waals surface area contributed by atoms with E-state index in [-0.39, 0.29) is 5.91 Å². The van der Waals surface area contributed by atoms with Crippen molar-refractivity contribution in [2.75, 3.05) is 12.3 Å². The Hall–Kier alpha value is -1.03. The van der Waals surface area contributed by atoms with E-state index in [2.05, 4.69) is 19.2 Å². The minimum Gasteiger partial charge on any atom is -0.390 e. The van der Waals surface area contributed by atoms with Crippen molar-refractivity contribution >= 4 is 22.2 Å². The molecule has 3 N–H and O–H groups in total. The largest absolute Gasteiger partial charge is 0.390 e. The molecule has 1 heterocycles. The SMILES string of the molecule is CCNC(=O)c1cc(C(C)C)sc1N. The first-order chi connectivity index (χ1) is 6.56. The Labute approximate surface area is 88.3 Å². The van der Waals surface area contributed by atoms with E-state index in [4.69, 9.17) is 5.73 Å². The van der Waals surface area contributed by atoms with Gasteiger partial charge in [0, 0.05) is 11.4 Å². The summed E-state index contributed by atoms with van der Waals surface area (Å²) in [6.45, 7) is 6.70. The number of carbonyl (C=O) groups is 1. The predicted octanol–water partition coefficient (Wildman–Crippen LogP) is 2.20. The molecular formula is C10H16N2OS. The maximum absolute atomic E-state index is 11.5. The molecule has 1 aromatic heterocycles. The zero-order chi connectivity index (χ0) is 10.7. The molecule has 0 atom stereocenters. The molecule has 0 saturated heterocycles. The molecule has 78 valence electrons. The second-order valence-electron chi connectivity index (χ2n) is 3.44. The average molecular weight is 212 g/mol. The minimum atomic E-state index is -0.0758. The molecule has 0 bridgehead atoms. The van der Waals surface area contributed by atoms with Crippen LogP contribution in [0.1, 0.15) is 41.9 Å². The molecule has 0 saturated carbocycles. The molecule has 0 radical (unpaired) electrons. The molecule has 1 amide bonds. The molecule has 0 fully saturated rings. The second-order valence-corrected chi connectivity index (χ2v) is 4.56. The predicted molar refractivity (Wildman–Crippen MR) is 60.8 cm³/mol. The fourth-order valence-electron chi connectivity index (χ4n) is 1.14. The Morgan fingerprint density at radius 3 is 2.71 bits per heavy atom. The average Bonchev–Trinajstić information content (AvgIpc) is 2.48. The van der Waals surface area contributed by atoms with E-state index in [1.807, 2.05) is 13.0 Å². The molecule has 0 aliphatic rings. The van der Waals surface area contributed by atoms with Crippen molar-refractivity contribution in [2.24, 2.45) is 0 Å². The van der Waals surface area contributed by atoms with Crippen LogP contribution < -0.4 is 11.1 Å². The minimum absolute atomic E-state index is 0.0758. The lowest BCUT2D eigenvalue weighted by molar-refractivity contribution is 0.0957. The van der Waals surface area contributed by atoms with Crippen LogP contribution in [0, 0.1) is 0 Å². The van der Waals surface area contributed by atoms with Crippen LogP contribution in [0.5, 0.6) is 0 Å². The number of nitrogens with one attached hydrogen (secondary N) is 1. The van der Waals surface area contributed by atoms with Gasteiger partial charge in [-0.3, -0.25) is 4.79 Å². The molecule has 0 aliphatic carbocycles. The van der Waals surface area contributed by atoms with Gasteiger partial charge in [-0.15, -0.1) is 11.3 Å². The van der Waals surface area contributed by atoms with Gasteiger partial charge in [0.2, 0.25) is 0 Å². The van der Waals surface area contributed by atoms with Crippen molar-refractivity contribution in [3.05, 3.63) is 16.5 Å². The smallest absolute Gasteiger partial charge is 0.254 e. The van der Waals surface area contributed by atoms with Crippen LogP contribution in [0.2, 0.25) is 0 Å². The van der Waals surface area contributed by atoms with Gasteiger partial charge in [-0.2, -0.15) is 0 Å². The number of rotatable bonds is 3. The van der Waals surface area contributed by atoms with Crippen LogP contribution >= 0.6 is 11.3 Å². The molecule has 0 aromatic carbocycles. The normalized spacial score (nSPS) is 10.6. The third-order valence-corrected chi connectivity index (χ3v) is 3.20. The third-order valence-electron chi connectivity index (χ3n) is 1.93. The summed E-state index contributed by atoms with van der Waals surface area (Å²) in [5.74, 6) is 0.346. The number of nitrogens with two attached hydrogens (primary N) is 1. The lowest BCUT2D eigenvalue weighted by Gasteiger charge is -1.99. The highest BCUT2D eigenvalue weighted by atomic mass is 32.1. The molecule has 0 aliphatic heterocycles. The summed E-state index contributed by atoms with van der Waals surface area (Å²) in [5.41, 5.74) is 6.38. The second kappa shape index (κ2) is 4.46. The van der Waals surface area contributed by atoms with E-state index >= 15 is 0 Å². The standard InChI is InChI=1S/C10H16N2OS/c1-4-12-10(13)7-5-8(6(2)3)14-9(7)11/h5-6H,4,11H2,1-3H3,(H,12,13). The van der Waals surface area contributed by atoms with Gasteiger partial charge in [-0.1, -0.05) is 13.8 Å². The zero-order valence-corrected chi connectivity index (χ0v) is 9.57. The Bertz CT molecular complexity index is 331. The number of carbonyl (C=O) groups excluding carboxylic acids is 1. The molecule has 3 nitrogen and oxygen atoms in total. The van der Waals surface area contributed by atoms with E-state index in [0.717, 1.165) is 4.88 Å². The van der Waals surface area contributed by atoms with Crippen LogP contribution in [0.25, 0.3) is 0 Å². The van der Waals surface area contributed by atoms with Crippen molar-refractivity contribution in [1.29, 1.82) is 0 Å². The quantitative estimate of drug-likeness (QED) is 0.807. The highest BCUT2D eigenvalue weighted by Crippen LogP contribution is 2.30. The van der Waals surface area contributed by atoms with E-state index in [1.54, 1.807) is 0 Å². The number of hydrogen-bond acceptors (Lipinski definition) is 3. The number of anilines is 1. The summed E-state index contributed by atoms with van der Waals surface area (Å²) in [6, 6.07) is 1.88.